The van der Waals surface area contributed by atoms with E-state index < -0.39 is 0 Å². The number of amidine groups is 1. The van der Waals surface area contributed by atoms with E-state index in [1.54, 1.807) is 0 Å². The highest BCUT2D eigenvalue weighted by atomic mass is 32.1. The van der Waals surface area contributed by atoms with Gasteiger partial charge in [-0.2, -0.15) is 0 Å². The Morgan fingerprint density at radius 3 is 2.94 bits per heavy atom. The molecule has 3 heteroatoms. The summed E-state index contributed by atoms with van der Waals surface area (Å²) in [5.74, 6) is 1.21. The van der Waals surface area contributed by atoms with E-state index >= 15 is 0 Å². The number of hydrogen-bond acceptors (Lipinski definition) is 3. The lowest BCUT2D eigenvalue weighted by Gasteiger charge is -2.19. The van der Waals surface area contributed by atoms with Crippen LogP contribution in [0.5, 0.6) is 0 Å². The van der Waals surface area contributed by atoms with Crippen LogP contribution in [0.25, 0.3) is 0 Å². The molecule has 0 saturated carbocycles. The predicted octanol–water partition coefficient (Wildman–Crippen LogP) is 3.16. The fourth-order valence-corrected chi connectivity index (χ4v) is 3.07. The van der Waals surface area contributed by atoms with Gasteiger partial charge < -0.3 is 5.32 Å². The second-order valence-electron chi connectivity index (χ2n) is 4.55. The lowest BCUT2D eigenvalue weighted by atomic mass is 10.1. The van der Waals surface area contributed by atoms with Crippen LogP contribution in [0.1, 0.15) is 35.9 Å². The zero-order valence-electron chi connectivity index (χ0n) is 10.1. The first-order valence-corrected chi connectivity index (χ1v) is 6.91. The molecule has 0 aromatic carbocycles. The Morgan fingerprint density at radius 1 is 1.44 bits per heavy atom. The highest BCUT2D eigenvalue weighted by molar-refractivity contribution is 7.11. The minimum Gasteiger partial charge on any atom is -0.371 e. The molecular formula is C13H20N2S. The highest BCUT2D eigenvalue weighted by Gasteiger charge is 2.09. The fourth-order valence-electron chi connectivity index (χ4n) is 2.05. The molecule has 88 valence electrons. The number of hydrogen-bond donors (Lipinski definition) is 1. The van der Waals surface area contributed by atoms with E-state index in [-0.39, 0.29) is 0 Å². The van der Waals surface area contributed by atoms with Crippen molar-refractivity contribution in [2.75, 3.05) is 6.54 Å². The summed E-state index contributed by atoms with van der Waals surface area (Å²) in [6.07, 6.45) is 4.78. The van der Waals surface area contributed by atoms with E-state index in [0.29, 0.717) is 6.04 Å². The SMILES string of the molecule is Cc1ccc(CC(C)NC2=NCCCC2)s1. The van der Waals surface area contributed by atoms with E-state index in [4.69, 9.17) is 0 Å². The lowest BCUT2D eigenvalue weighted by molar-refractivity contribution is 0.629. The number of aryl methyl sites for hydroxylation is 1. The second kappa shape index (κ2) is 5.48. The molecule has 1 aromatic heterocycles. The van der Waals surface area contributed by atoms with Crippen molar-refractivity contribution in [3.63, 3.8) is 0 Å². The quantitative estimate of drug-likeness (QED) is 0.856. The standard InChI is InChI=1S/C13H20N2S/c1-10(9-12-7-6-11(2)16-12)15-13-5-3-4-8-14-13/h6-7,10H,3-5,8-9H2,1-2H3,(H,14,15). The van der Waals surface area contributed by atoms with Gasteiger partial charge in [-0.1, -0.05) is 0 Å². The maximum Gasteiger partial charge on any atom is 0.0965 e. The second-order valence-corrected chi connectivity index (χ2v) is 5.92. The summed E-state index contributed by atoms with van der Waals surface area (Å²) in [5.41, 5.74) is 0. The molecule has 2 nitrogen and oxygen atoms in total. The Balaban J connectivity index is 1.83. The third kappa shape index (κ3) is 3.34. The van der Waals surface area contributed by atoms with Crippen LogP contribution < -0.4 is 5.32 Å². The molecule has 1 atom stereocenters. The fraction of sp³-hybridized carbons (Fsp3) is 0.615. The zero-order chi connectivity index (χ0) is 11.4. The topological polar surface area (TPSA) is 24.4 Å². The van der Waals surface area contributed by atoms with Crippen LogP contribution in [0.4, 0.5) is 0 Å². The van der Waals surface area contributed by atoms with E-state index in [1.165, 1.54) is 28.4 Å². The first-order valence-electron chi connectivity index (χ1n) is 6.09. The van der Waals surface area contributed by atoms with Gasteiger partial charge in [-0.3, -0.25) is 4.99 Å². The van der Waals surface area contributed by atoms with Crippen molar-refractivity contribution in [3.8, 4) is 0 Å². The third-order valence-electron chi connectivity index (χ3n) is 2.84. The number of nitrogens with zero attached hydrogens (tertiary/aromatic N) is 1. The Labute approximate surface area is 102 Å². The van der Waals surface area contributed by atoms with Crippen LogP contribution >= 0.6 is 11.3 Å². The minimum absolute atomic E-state index is 0.495. The summed E-state index contributed by atoms with van der Waals surface area (Å²) in [6.45, 7) is 5.41. The van der Waals surface area contributed by atoms with Crippen LogP contribution in [-0.4, -0.2) is 18.4 Å². The molecule has 16 heavy (non-hydrogen) atoms. The number of nitrogens with one attached hydrogen (secondary N) is 1. The van der Waals surface area contributed by atoms with Crippen molar-refractivity contribution in [2.24, 2.45) is 4.99 Å². The van der Waals surface area contributed by atoms with Crippen LogP contribution in [0.3, 0.4) is 0 Å². The van der Waals surface area contributed by atoms with Gasteiger partial charge in [0, 0.05) is 35.2 Å². The molecule has 2 heterocycles. The largest absolute Gasteiger partial charge is 0.371 e. The summed E-state index contributed by atoms with van der Waals surface area (Å²) in [5, 5.41) is 3.53. The summed E-state index contributed by atoms with van der Waals surface area (Å²) in [4.78, 5) is 7.39. The average Bonchev–Trinajstić information content (AvgIpc) is 2.65. The molecule has 0 saturated heterocycles. The van der Waals surface area contributed by atoms with E-state index in [0.717, 1.165) is 19.4 Å². The predicted molar refractivity (Wildman–Crippen MR) is 71.5 cm³/mol. The minimum atomic E-state index is 0.495. The molecule has 1 aromatic rings. The molecule has 0 spiro atoms. The van der Waals surface area contributed by atoms with Gasteiger partial charge in [0.2, 0.25) is 0 Å². The Kier molecular flexibility index (Phi) is 3.99. The maximum absolute atomic E-state index is 4.53. The van der Waals surface area contributed by atoms with Gasteiger partial charge >= 0.3 is 0 Å². The average molecular weight is 236 g/mol. The van der Waals surface area contributed by atoms with Gasteiger partial charge in [-0.15, -0.1) is 11.3 Å². The third-order valence-corrected chi connectivity index (χ3v) is 3.86. The van der Waals surface area contributed by atoms with Gasteiger partial charge in [0.25, 0.3) is 0 Å². The molecular weight excluding hydrogens is 216 g/mol. The van der Waals surface area contributed by atoms with Gasteiger partial charge in [0.15, 0.2) is 0 Å². The molecule has 0 radical (unpaired) electrons. The van der Waals surface area contributed by atoms with Crippen molar-refractivity contribution in [1.82, 2.24) is 5.32 Å². The Bertz CT molecular complexity index is 368. The summed E-state index contributed by atoms with van der Waals surface area (Å²) >= 11 is 1.90. The summed E-state index contributed by atoms with van der Waals surface area (Å²) < 4.78 is 0. The lowest BCUT2D eigenvalue weighted by Crippen LogP contribution is -2.35. The first kappa shape index (κ1) is 11.6. The number of thiophene rings is 1. The van der Waals surface area contributed by atoms with Gasteiger partial charge in [-0.25, -0.2) is 0 Å². The molecule has 0 aliphatic carbocycles. The number of aliphatic imine (C=N–C) groups is 1. The van der Waals surface area contributed by atoms with Gasteiger partial charge in [0.1, 0.15) is 0 Å². The van der Waals surface area contributed by atoms with Crippen LogP contribution in [-0.2, 0) is 6.42 Å². The van der Waals surface area contributed by atoms with Crippen LogP contribution in [0.2, 0.25) is 0 Å². The molecule has 0 amide bonds. The van der Waals surface area contributed by atoms with E-state index in [2.05, 4.69) is 36.3 Å². The summed E-state index contributed by atoms with van der Waals surface area (Å²) in [6, 6.07) is 4.93. The van der Waals surface area contributed by atoms with Crippen LogP contribution in [0.15, 0.2) is 17.1 Å². The number of rotatable bonds is 3. The van der Waals surface area contributed by atoms with Crippen molar-refractivity contribution < 1.29 is 0 Å². The zero-order valence-corrected chi connectivity index (χ0v) is 10.9. The molecule has 0 bridgehead atoms. The Morgan fingerprint density at radius 2 is 2.31 bits per heavy atom. The van der Waals surface area contributed by atoms with Crippen molar-refractivity contribution in [1.29, 1.82) is 0 Å². The smallest absolute Gasteiger partial charge is 0.0965 e. The monoisotopic (exact) mass is 236 g/mol. The molecule has 1 N–H and O–H groups in total. The van der Waals surface area contributed by atoms with E-state index in [1.807, 2.05) is 11.3 Å². The molecule has 1 aliphatic heterocycles. The Hall–Kier alpha value is -0.830. The van der Waals surface area contributed by atoms with Crippen molar-refractivity contribution in [3.05, 3.63) is 21.9 Å². The van der Waals surface area contributed by atoms with Crippen LogP contribution in [0, 0.1) is 6.92 Å². The van der Waals surface area contributed by atoms with Gasteiger partial charge in [-0.05, 0) is 38.8 Å². The first-order chi connectivity index (χ1) is 7.74. The van der Waals surface area contributed by atoms with Crippen molar-refractivity contribution >= 4 is 17.2 Å². The maximum atomic E-state index is 4.53. The molecule has 2 rings (SSSR count). The highest BCUT2D eigenvalue weighted by Crippen LogP contribution is 2.17. The summed E-state index contributed by atoms with van der Waals surface area (Å²) in [7, 11) is 0. The van der Waals surface area contributed by atoms with Crippen molar-refractivity contribution in [2.45, 2.75) is 45.6 Å². The van der Waals surface area contributed by atoms with E-state index in [9.17, 15) is 0 Å². The normalized spacial score (nSPS) is 18.0. The molecule has 1 aliphatic rings. The molecule has 1 unspecified atom stereocenters. The van der Waals surface area contributed by atoms with Gasteiger partial charge in [0.05, 0.1) is 5.84 Å². The molecule has 0 fully saturated rings.